The molecule has 2 fully saturated rings. The molecule has 0 saturated carbocycles. The van der Waals surface area contributed by atoms with E-state index in [0.29, 0.717) is 0 Å². The summed E-state index contributed by atoms with van der Waals surface area (Å²) in [5.74, 6) is -0.443. The zero-order valence-corrected chi connectivity index (χ0v) is 27.5. The van der Waals surface area contributed by atoms with Crippen LogP contribution in [-0.4, -0.2) is 44.9 Å². The molecule has 7 heteroatoms. The second kappa shape index (κ2) is 13.0. The number of rotatable bonds is 10. The predicted molar refractivity (Wildman–Crippen MR) is 188 cm³/mol. The fraction of sp³-hybridized carbons (Fsp3) is 0.200. The summed E-state index contributed by atoms with van der Waals surface area (Å²) in [4.78, 5) is 30.3. The number of fused-ring (bicyclic) bond motifs is 1. The highest BCUT2D eigenvalue weighted by molar-refractivity contribution is 8.01. The molecule has 2 heterocycles. The number of β-lactam (4-membered cyclic amide) rings is 1. The standard InChI is InChI=1S/C40H35ClN2O3S/c1-39(27-41)35(38(45)46-34(28-17-7-2-8-18-28)29-19-9-3-10-20-29)43-36(44)33(37(43)47-39)42-40(30-21-11-4-12-22-30,31-23-13-5-14-24-31)32-25-15-6-16-26-32/h2-26,33-35,37,42H,27H2,1H3/t33-,35+,37+,39?/m1/s1. The molecule has 0 aromatic heterocycles. The fourth-order valence-electron chi connectivity index (χ4n) is 6.93. The third-order valence-corrected chi connectivity index (χ3v) is 11.6. The van der Waals surface area contributed by atoms with E-state index in [-0.39, 0.29) is 17.2 Å². The highest BCUT2D eigenvalue weighted by atomic mass is 35.5. The number of hydrogen-bond donors (Lipinski definition) is 1. The van der Waals surface area contributed by atoms with E-state index in [2.05, 4.69) is 41.7 Å². The molecule has 236 valence electrons. The maximum absolute atomic E-state index is 14.4. The van der Waals surface area contributed by atoms with E-state index in [0.717, 1.165) is 27.8 Å². The van der Waals surface area contributed by atoms with Crippen molar-refractivity contribution in [3.8, 4) is 0 Å². The smallest absolute Gasteiger partial charge is 0.331 e. The summed E-state index contributed by atoms with van der Waals surface area (Å²) in [6.45, 7) is 1.96. The molecule has 2 aliphatic heterocycles. The van der Waals surface area contributed by atoms with Crippen molar-refractivity contribution in [3.63, 3.8) is 0 Å². The van der Waals surface area contributed by atoms with Gasteiger partial charge in [-0.2, -0.15) is 0 Å². The quantitative estimate of drug-likeness (QED) is 0.0727. The number of ether oxygens (including phenoxy) is 1. The first kappa shape index (κ1) is 31.3. The van der Waals surface area contributed by atoms with Gasteiger partial charge in [0, 0.05) is 5.88 Å². The minimum atomic E-state index is -0.852. The van der Waals surface area contributed by atoms with Gasteiger partial charge in [-0.15, -0.1) is 23.4 Å². The fourth-order valence-corrected chi connectivity index (χ4v) is 8.88. The van der Waals surface area contributed by atoms with Crippen LogP contribution < -0.4 is 5.32 Å². The number of esters is 1. The molecule has 1 unspecified atom stereocenters. The van der Waals surface area contributed by atoms with Gasteiger partial charge >= 0.3 is 5.97 Å². The lowest BCUT2D eigenvalue weighted by Gasteiger charge is -2.49. The highest BCUT2D eigenvalue weighted by Crippen LogP contribution is 2.53. The highest BCUT2D eigenvalue weighted by Gasteiger charge is 2.66. The molecule has 0 bridgehead atoms. The minimum absolute atomic E-state index is 0.151. The molecule has 0 radical (unpaired) electrons. The Hall–Kier alpha value is -4.36. The molecule has 7 rings (SSSR count). The van der Waals surface area contributed by atoms with Crippen LogP contribution in [0.15, 0.2) is 152 Å². The molecular weight excluding hydrogens is 624 g/mol. The lowest BCUT2D eigenvalue weighted by molar-refractivity contribution is -0.166. The van der Waals surface area contributed by atoms with Gasteiger partial charge in [-0.25, -0.2) is 4.79 Å². The number of alkyl halides is 1. The molecule has 0 aliphatic carbocycles. The molecular formula is C40H35ClN2O3S. The first-order chi connectivity index (χ1) is 23.0. The van der Waals surface area contributed by atoms with Gasteiger partial charge in [0.2, 0.25) is 5.91 Å². The summed E-state index contributed by atoms with van der Waals surface area (Å²) in [5, 5.41) is 3.52. The molecule has 1 amide bonds. The van der Waals surface area contributed by atoms with Crippen LogP contribution in [0.25, 0.3) is 0 Å². The normalized spacial score (nSPS) is 22.1. The van der Waals surface area contributed by atoms with Gasteiger partial charge in [0.25, 0.3) is 0 Å². The topological polar surface area (TPSA) is 58.6 Å². The van der Waals surface area contributed by atoms with Gasteiger partial charge in [0.15, 0.2) is 6.10 Å². The minimum Gasteiger partial charge on any atom is -0.451 e. The zero-order chi connectivity index (χ0) is 32.4. The Morgan fingerprint density at radius 1 is 0.766 bits per heavy atom. The van der Waals surface area contributed by atoms with Crippen molar-refractivity contribution < 1.29 is 14.3 Å². The number of nitrogens with one attached hydrogen (secondary N) is 1. The Bertz CT molecular complexity index is 1690. The molecule has 5 nitrogen and oxygen atoms in total. The van der Waals surface area contributed by atoms with Crippen LogP contribution in [0.1, 0.15) is 40.8 Å². The van der Waals surface area contributed by atoms with Crippen molar-refractivity contribution >= 4 is 35.2 Å². The van der Waals surface area contributed by atoms with Gasteiger partial charge in [0.1, 0.15) is 17.5 Å². The Kier molecular flexibility index (Phi) is 8.67. The first-order valence-corrected chi connectivity index (χ1v) is 17.2. The second-order valence-electron chi connectivity index (χ2n) is 12.2. The number of nitrogens with zero attached hydrogens (tertiary/aromatic N) is 1. The Morgan fingerprint density at radius 2 is 1.17 bits per heavy atom. The SMILES string of the molecule is CC1(CCl)S[C@H]2[C@H](NC(c3ccccc3)(c3ccccc3)c3ccccc3)C(=O)N2[C@H]1C(=O)OC(c1ccccc1)c1ccccc1. The van der Waals surface area contributed by atoms with Gasteiger partial charge in [-0.1, -0.05) is 152 Å². The van der Waals surface area contributed by atoms with Crippen molar-refractivity contribution in [2.45, 2.75) is 40.8 Å². The van der Waals surface area contributed by atoms with E-state index in [1.807, 2.05) is 122 Å². The number of carbonyl (C=O) groups is 2. The van der Waals surface area contributed by atoms with Gasteiger partial charge in [0.05, 0.1) is 10.3 Å². The number of amides is 1. The zero-order valence-electron chi connectivity index (χ0n) is 25.9. The Labute approximate surface area is 284 Å². The number of carbonyl (C=O) groups excluding carboxylic acids is 2. The van der Waals surface area contributed by atoms with Crippen LogP contribution in [0.2, 0.25) is 0 Å². The van der Waals surface area contributed by atoms with Crippen LogP contribution in [0, 0.1) is 0 Å². The summed E-state index contributed by atoms with van der Waals surface area (Å²) >= 11 is 8.21. The molecule has 4 atom stereocenters. The summed E-state index contributed by atoms with van der Waals surface area (Å²) in [5.41, 5.74) is 3.91. The van der Waals surface area contributed by atoms with E-state index >= 15 is 0 Å². The number of benzene rings is 5. The molecule has 47 heavy (non-hydrogen) atoms. The van der Waals surface area contributed by atoms with Crippen LogP contribution in [0.3, 0.4) is 0 Å². The third kappa shape index (κ3) is 5.54. The molecule has 0 spiro atoms. The van der Waals surface area contributed by atoms with Crippen molar-refractivity contribution in [2.75, 3.05) is 5.88 Å². The predicted octanol–water partition coefficient (Wildman–Crippen LogP) is 7.55. The van der Waals surface area contributed by atoms with E-state index in [4.69, 9.17) is 16.3 Å². The molecule has 5 aromatic carbocycles. The van der Waals surface area contributed by atoms with Crippen molar-refractivity contribution in [2.24, 2.45) is 0 Å². The lowest BCUT2D eigenvalue weighted by Crippen LogP contribution is -2.73. The van der Waals surface area contributed by atoms with Crippen molar-refractivity contribution in [3.05, 3.63) is 179 Å². The van der Waals surface area contributed by atoms with Gasteiger partial charge in [-0.3, -0.25) is 10.1 Å². The second-order valence-corrected chi connectivity index (χ2v) is 14.1. The number of hydrogen-bond acceptors (Lipinski definition) is 5. The van der Waals surface area contributed by atoms with E-state index in [1.165, 1.54) is 0 Å². The van der Waals surface area contributed by atoms with Crippen LogP contribution >= 0.6 is 23.4 Å². The molecule has 5 aromatic rings. The van der Waals surface area contributed by atoms with Gasteiger partial charge in [-0.05, 0) is 34.7 Å². The Morgan fingerprint density at radius 3 is 1.57 bits per heavy atom. The monoisotopic (exact) mass is 658 g/mol. The third-order valence-electron chi connectivity index (χ3n) is 9.25. The maximum Gasteiger partial charge on any atom is 0.331 e. The number of halogens is 1. The first-order valence-electron chi connectivity index (χ1n) is 15.8. The van der Waals surface area contributed by atoms with Crippen molar-refractivity contribution in [1.29, 1.82) is 0 Å². The summed E-state index contributed by atoms with van der Waals surface area (Å²) < 4.78 is 5.56. The molecule has 2 saturated heterocycles. The summed E-state index contributed by atoms with van der Waals surface area (Å²) in [7, 11) is 0. The Balaban J connectivity index is 1.24. The average Bonchev–Trinajstić information content (AvgIpc) is 3.42. The van der Waals surface area contributed by atoms with Crippen LogP contribution in [0.5, 0.6) is 0 Å². The average molecular weight is 659 g/mol. The van der Waals surface area contributed by atoms with E-state index in [9.17, 15) is 9.59 Å². The van der Waals surface area contributed by atoms with Crippen molar-refractivity contribution in [1.82, 2.24) is 10.2 Å². The summed E-state index contributed by atoms with van der Waals surface area (Å²) in [6, 6.07) is 48.6. The van der Waals surface area contributed by atoms with Crippen LogP contribution in [0.4, 0.5) is 0 Å². The van der Waals surface area contributed by atoms with Gasteiger partial charge < -0.3 is 9.64 Å². The van der Waals surface area contributed by atoms with E-state index < -0.39 is 34.4 Å². The lowest BCUT2D eigenvalue weighted by atomic mass is 9.76. The maximum atomic E-state index is 14.4. The van der Waals surface area contributed by atoms with Crippen LogP contribution in [-0.2, 0) is 19.9 Å². The molecule has 1 N–H and O–H groups in total. The molecule has 2 aliphatic rings. The summed E-state index contributed by atoms with van der Waals surface area (Å²) in [6.07, 6.45) is -0.624. The number of thioether (sulfide) groups is 1. The van der Waals surface area contributed by atoms with E-state index in [1.54, 1.807) is 16.7 Å². The largest absolute Gasteiger partial charge is 0.451 e.